The van der Waals surface area contributed by atoms with E-state index in [9.17, 15) is 4.39 Å². The second-order valence-corrected chi connectivity index (χ2v) is 6.51. The lowest BCUT2D eigenvalue weighted by Gasteiger charge is -2.32. The van der Waals surface area contributed by atoms with Crippen molar-refractivity contribution in [3.8, 4) is 0 Å². The molecule has 0 saturated carbocycles. The van der Waals surface area contributed by atoms with Gasteiger partial charge >= 0.3 is 0 Å². The van der Waals surface area contributed by atoms with Gasteiger partial charge in [0.2, 0.25) is 5.95 Å². The molecule has 4 nitrogen and oxygen atoms in total. The number of aromatic nitrogens is 3. The Bertz CT molecular complexity index is 858. The van der Waals surface area contributed by atoms with E-state index in [0.29, 0.717) is 28.0 Å². The second-order valence-electron chi connectivity index (χ2n) is 5.66. The van der Waals surface area contributed by atoms with Crippen LogP contribution >= 0.6 is 23.2 Å². The highest BCUT2D eigenvalue weighted by molar-refractivity contribution is 6.31. The van der Waals surface area contributed by atoms with Gasteiger partial charge in [0.05, 0.1) is 12.1 Å². The van der Waals surface area contributed by atoms with Crippen molar-refractivity contribution in [3.63, 3.8) is 0 Å². The van der Waals surface area contributed by atoms with Crippen molar-refractivity contribution in [1.29, 1.82) is 0 Å². The normalized spacial score (nSPS) is 19.6. The highest BCUT2D eigenvalue weighted by Crippen LogP contribution is 2.40. The minimum atomic E-state index is -0.342. The van der Waals surface area contributed by atoms with Crippen LogP contribution in [0.25, 0.3) is 0 Å². The summed E-state index contributed by atoms with van der Waals surface area (Å²) in [6.45, 7) is 0. The molecule has 4 rings (SSSR count). The van der Waals surface area contributed by atoms with E-state index in [4.69, 9.17) is 23.2 Å². The molecule has 1 N–H and O–H groups in total. The Hall–Kier alpha value is -2.11. The fourth-order valence-corrected chi connectivity index (χ4v) is 3.52. The van der Waals surface area contributed by atoms with Crippen molar-refractivity contribution in [2.24, 2.45) is 0 Å². The first-order chi connectivity index (χ1) is 11.6. The van der Waals surface area contributed by atoms with Crippen molar-refractivity contribution < 1.29 is 4.39 Å². The van der Waals surface area contributed by atoms with Crippen LogP contribution in [0, 0.1) is 5.82 Å². The van der Waals surface area contributed by atoms with Gasteiger partial charge in [-0.3, -0.25) is 0 Å². The molecule has 2 atom stereocenters. The summed E-state index contributed by atoms with van der Waals surface area (Å²) in [4.78, 5) is 4.23. The van der Waals surface area contributed by atoms with Gasteiger partial charge in [0.15, 0.2) is 0 Å². The predicted octanol–water partition coefficient (Wildman–Crippen LogP) is 4.87. The zero-order valence-corrected chi connectivity index (χ0v) is 14.0. The largest absolute Gasteiger partial charge is 0.348 e. The number of benzene rings is 2. The van der Waals surface area contributed by atoms with Crippen LogP contribution < -0.4 is 5.32 Å². The zero-order chi connectivity index (χ0) is 16.7. The summed E-state index contributed by atoms with van der Waals surface area (Å²) >= 11 is 12.2. The van der Waals surface area contributed by atoms with E-state index in [0.717, 1.165) is 5.56 Å². The molecule has 0 saturated heterocycles. The van der Waals surface area contributed by atoms with Crippen LogP contribution in [0.15, 0.2) is 48.8 Å². The van der Waals surface area contributed by atoms with Gasteiger partial charge < -0.3 is 5.32 Å². The Labute approximate surface area is 148 Å². The third-order valence-electron chi connectivity index (χ3n) is 4.24. The van der Waals surface area contributed by atoms with Crippen LogP contribution in [-0.2, 0) is 0 Å². The zero-order valence-electron chi connectivity index (χ0n) is 12.5. The third-order valence-corrected chi connectivity index (χ3v) is 4.82. The third kappa shape index (κ3) is 2.64. The molecule has 0 bridgehead atoms. The lowest BCUT2D eigenvalue weighted by molar-refractivity contribution is 0.416. The number of anilines is 1. The average molecular weight is 363 g/mol. The van der Waals surface area contributed by atoms with Gasteiger partial charge in [0.25, 0.3) is 0 Å². The molecule has 0 aliphatic carbocycles. The first kappa shape index (κ1) is 15.4. The molecule has 2 aromatic carbocycles. The molecule has 0 spiro atoms. The van der Waals surface area contributed by atoms with E-state index in [1.165, 1.54) is 12.4 Å². The highest BCUT2D eigenvalue weighted by Gasteiger charge is 2.32. The highest BCUT2D eigenvalue weighted by atomic mass is 35.5. The smallest absolute Gasteiger partial charge is 0.222 e. The lowest BCUT2D eigenvalue weighted by atomic mass is 9.93. The summed E-state index contributed by atoms with van der Waals surface area (Å²) in [5, 5.41) is 8.63. The molecule has 0 amide bonds. The number of fused-ring (bicyclic) bond motifs is 1. The maximum absolute atomic E-state index is 14.4. The summed E-state index contributed by atoms with van der Waals surface area (Å²) in [6.07, 6.45) is 2.05. The number of hydrogen-bond donors (Lipinski definition) is 1. The van der Waals surface area contributed by atoms with E-state index >= 15 is 0 Å². The van der Waals surface area contributed by atoms with Crippen LogP contribution in [0.2, 0.25) is 10.0 Å². The topological polar surface area (TPSA) is 42.7 Å². The Morgan fingerprint density at radius 2 is 1.92 bits per heavy atom. The molecule has 2 heterocycles. The summed E-state index contributed by atoms with van der Waals surface area (Å²) < 4.78 is 16.1. The Balaban J connectivity index is 1.78. The monoisotopic (exact) mass is 362 g/mol. The molecular weight excluding hydrogens is 350 g/mol. The van der Waals surface area contributed by atoms with Crippen LogP contribution in [0.3, 0.4) is 0 Å². The van der Waals surface area contributed by atoms with Crippen LogP contribution in [0.5, 0.6) is 0 Å². The standard InChI is InChI=1S/C17H13Cl2FN4/c18-11-6-4-10(5-7-11)14-8-15(24-17(23-14)21-9-22-24)16-12(19)2-1-3-13(16)20/h1-7,9,14-15H,8H2,(H,21,22,23). The summed E-state index contributed by atoms with van der Waals surface area (Å²) in [5.74, 6) is 0.247. The Morgan fingerprint density at radius 1 is 1.12 bits per heavy atom. The minimum Gasteiger partial charge on any atom is -0.348 e. The number of nitrogens with one attached hydrogen (secondary N) is 1. The van der Waals surface area contributed by atoms with Crippen molar-refractivity contribution in [3.05, 3.63) is 75.8 Å². The maximum atomic E-state index is 14.4. The molecule has 3 aromatic rings. The van der Waals surface area contributed by atoms with Gasteiger partial charge in [-0.15, -0.1) is 0 Å². The van der Waals surface area contributed by atoms with Crippen molar-refractivity contribution in [1.82, 2.24) is 14.8 Å². The Kier molecular flexibility index (Phi) is 3.90. The molecule has 0 radical (unpaired) electrons. The van der Waals surface area contributed by atoms with Crippen molar-refractivity contribution in [2.75, 3.05) is 5.32 Å². The number of halogens is 3. The van der Waals surface area contributed by atoms with Crippen molar-refractivity contribution >= 4 is 29.2 Å². The number of rotatable bonds is 2. The molecule has 122 valence electrons. The van der Waals surface area contributed by atoms with Crippen LogP contribution in [0.4, 0.5) is 10.3 Å². The van der Waals surface area contributed by atoms with Gasteiger partial charge in [0, 0.05) is 15.6 Å². The van der Waals surface area contributed by atoms with Gasteiger partial charge in [-0.05, 0) is 36.2 Å². The predicted molar refractivity (Wildman–Crippen MR) is 92.0 cm³/mol. The summed E-state index contributed by atoms with van der Waals surface area (Å²) in [6, 6.07) is 11.9. The Morgan fingerprint density at radius 3 is 2.67 bits per heavy atom. The molecule has 1 aliphatic heterocycles. The summed E-state index contributed by atoms with van der Waals surface area (Å²) in [7, 11) is 0. The first-order valence-corrected chi connectivity index (χ1v) is 8.24. The fraction of sp³-hybridized carbons (Fsp3) is 0.176. The SMILES string of the molecule is Fc1cccc(Cl)c1C1CC(c2ccc(Cl)cc2)Nc2ncnn21. The van der Waals surface area contributed by atoms with Crippen LogP contribution in [-0.4, -0.2) is 14.8 Å². The van der Waals surface area contributed by atoms with Gasteiger partial charge in [-0.1, -0.05) is 41.4 Å². The molecule has 1 aliphatic rings. The van der Waals surface area contributed by atoms with Crippen LogP contribution in [0.1, 0.15) is 29.6 Å². The van der Waals surface area contributed by atoms with Gasteiger partial charge in [-0.25, -0.2) is 9.07 Å². The molecule has 1 aromatic heterocycles. The lowest BCUT2D eigenvalue weighted by Crippen LogP contribution is -2.28. The van der Waals surface area contributed by atoms with E-state index < -0.39 is 0 Å². The van der Waals surface area contributed by atoms with Gasteiger partial charge in [-0.2, -0.15) is 10.1 Å². The average Bonchev–Trinajstić information content (AvgIpc) is 3.04. The quantitative estimate of drug-likeness (QED) is 0.706. The molecule has 24 heavy (non-hydrogen) atoms. The van der Waals surface area contributed by atoms with Gasteiger partial charge in [0.1, 0.15) is 12.1 Å². The number of hydrogen-bond acceptors (Lipinski definition) is 3. The molecular formula is C17H13Cl2FN4. The summed E-state index contributed by atoms with van der Waals surface area (Å²) in [5.41, 5.74) is 1.48. The molecule has 0 fully saturated rings. The van der Waals surface area contributed by atoms with E-state index in [-0.39, 0.29) is 17.9 Å². The maximum Gasteiger partial charge on any atom is 0.222 e. The first-order valence-electron chi connectivity index (χ1n) is 7.49. The van der Waals surface area contributed by atoms with E-state index in [1.54, 1.807) is 16.8 Å². The minimum absolute atomic E-state index is 0.0420. The van der Waals surface area contributed by atoms with E-state index in [2.05, 4.69) is 15.4 Å². The second kappa shape index (κ2) is 6.07. The molecule has 2 unspecified atom stereocenters. The fourth-order valence-electron chi connectivity index (χ4n) is 3.10. The number of nitrogens with zero attached hydrogens (tertiary/aromatic N) is 3. The van der Waals surface area contributed by atoms with E-state index in [1.807, 2.05) is 24.3 Å². The van der Waals surface area contributed by atoms with Crippen molar-refractivity contribution in [2.45, 2.75) is 18.5 Å². The molecule has 7 heteroatoms.